The summed E-state index contributed by atoms with van der Waals surface area (Å²) >= 11 is 0. The van der Waals surface area contributed by atoms with Gasteiger partial charge in [-0.2, -0.15) is 0 Å². The Bertz CT molecular complexity index is 3940. The molecule has 8 aromatic carbocycles. The molecule has 5 aliphatic rings. The molecular formula is C139H234FNO3. The highest BCUT2D eigenvalue weighted by atomic mass is 19.1. The Morgan fingerprint density at radius 1 is 0.347 bits per heavy atom. The highest BCUT2D eigenvalue weighted by molar-refractivity contribution is 5.33. The molecule has 0 bridgehead atoms. The first-order valence-electron chi connectivity index (χ1n) is 58.2. The van der Waals surface area contributed by atoms with Crippen molar-refractivity contribution in [3.05, 3.63) is 274 Å². The van der Waals surface area contributed by atoms with Crippen LogP contribution in [0.3, 0.4) is 0 Å². The van der Waals surface area contributed by atoms with E-state index in [9.17, 15) is 9.50 Å². The second-order valence-corrected chi connectivity index (χ2v) is 49.2. The van der Waals surface area contributed by atoms with Crippen LogP contribution in [0.2, 0.25) is 0 Å². The summed E-state index contributed by atoms with van der Waals surface area (Å²) in [5.41, 5.74) is 14.4. The van der Waals surface area contributed by atoms with Crippen molar-refractivity contribution in [3.8, 4) is 11.5 Å². The van der Waals surface area contributed by atoms with Gasteiger partial charge in [-0.25, -0.2) is 4.39 Å². The molecule has 1 aliphatic heterocycles. The maximum absolute atomic E-state index is 12.7. The topological polar surface area (TPSA) is 50.7 Å². The molecule has 13 rings (SSSR count). The number of nitrogens with one attached hydrogen (secondary N) is 1. The Balaban J connectivity index is 0. The lowest BCUT2D eigenvalue weighted by molar-refractivity contribution is 0.0137. The SMILES string of the molecule is C.C.CC(C)(C)CC1CCCCC1.CC(C)C1CCCCC1.CC(C)CCC1CCCCC1.CC(C)CCC1CCCCN1.CC(C)CCc1cccc(F)c1.CC(C)CCc1cccc(O)c1.CC(C)CCc1ccccc1.CC(C)COC1CCCCC1.CC(C)Cc1ccccc1.CC(C)c1ccccc1.COc1cccc(C(C)(C)C)c1.Cc1cccc(CC(C)C)c1.Cc1cccc(CCC(C)C)c1. The molecular weight excluding hydrogens is 1750 g/mol. The number of aryl methyl sites for hydroxylation is 6. The third kappa shape index (κ3) is 83.1. The largest absolute Gasteiger partial charge is 0.508 e. The highest BCUT2D eigenvalue weighted by Gasteiger charge is 2.22. The standard InChI is InChI=1S/C12H18.C11H15F.2C11H16O.C11H16.2C11H22.C11H16.C10H21N.C10H20O.C10H14.C9H18.C9H12.2CH4/c1-10(2)7-8-12-6-4-5-11(3)9-12;1-9(2)6-7-10-4-3-5-11(12)8-10;1-11(2,3)9-6-5-7-10(8-9)12-4;1-9(2)6-7-10-4-3-5-11(12)8-10;1-9(2)7-11-6-4-5-10(3)8-11;1-11(2,3)9-10-7-5-4-6-8-10;2*1-10(2)8-9-11-6-4-3-5-7-11;1-9(2)6-7-10-5-3-4-8-11-10;1-9(2)8-11-10-6-4-3-5-7-10;1-9(2)8-10-6-4-3-5-7-10;2*1-8(2)9-6-4-3-5-7-9;;/h4-6,9-10H,7-8H2,1-3H3;3-5,8-9H,6-7H2,1-2H3;5-8H,1-4H3;3-5,8-9,12H,6-7H2,1-2H3;4-6,8-9H,7H2,1-3H3;10H,4-9H2,1-3H3;10-11H,3-9H2,1-2H3;3-7,10H,8-9H2,1-2H3;9-11H,3-8H2,1-2H3;9-10H,3-8H2,1-2H3;3-7,9H,8H2,1-2H3;8-9H,3-7H2,1-2H3;3-8H,1-2H3;2*1H4. The molecule has 4 aliphatic carbocycles. The molecule has 0 radical (unpaired) electrons. The fourth-order valence-electron chi connectivity index (χ4n) is 18.4. The first-order chi connectivity index (χ1) is 67.4. The molecule has 5 heteroatoms. The first-order valence-corrected chi connectivity index (χ1v) is 58.2. The first kappa shape index (κ1) is 139. The Hall–Kier alpha value is -6.79. The molecule has 1 heterocycles. The molecule has 1 unspecified atom stereocenters. The van der Waals surface area contributed by atoms with Gasteiger partial charge in [-0.15, -0.1) is 0 Å². The maximum atomic E-state index is 12.7. The van der Waals surface area contributed by atoms with Crippen molar-refractivity contribution in [3.63, 3.8) is 0 Å². The van der Waals surface area contributed by atoms with Gasteiger partial charge in [-0.05, 0) is 304 Å². The van der Waals surface area contributed by atoms with E-state index in [1.807, 2.05) is 36.4 Å². The molecule has 820 valence electrons. The number of hydrogen-bond donors (Lipinski definition) is 2. The van der Waals surface area contributed by atoms with Gasteiger partial charge in [0.1, 0.15) is 17.3 Å². The van der Waals surface area contributed by atoms with Crippen LogP contribution in [0.15, 0.2) is 212 Å². The number of benzene rings is 8. The van der Waals surface area contributed by atoms with Gasteiger partial charge in [0.2, 0.25) is 0 Å². The molecule has 0 spiro atoms. The molecule has 0 aromatic heterocycles. The summed E-state index contributed by atoms with van der Waals surface area (Å²) < 4.78 is 23.6. The zero-order valence-electron chi connectivity index (χ0n) is 98.4. The van der Waals surface area contributed by atoms with Crippen molar-refractivity contribution in [2.45, 2.75) is 490 Å². The fraction of sp³-hybridized carbons (Fsp3) is 0.655. The van der Waals surface area contributed by atoms with Gasteiger partial charge in [0.15, 0.2) is 0 Å². The zero-order valence-corrected chi connectivity index (χ0v) is 98.4. The highest BCUT2D eigenvalue weighted by Crippen LogP contribution is 2.35. The average molecular weight is 1990 g/mol. The van der Waals surface area contributed by atoms with Gasteiger partial charge < -0.3 is 19.9 Å². The van der Waals surface area contributed by atoms with Crippen LogP contribution in [0, 0.1) is 102 Å². The van der Waals surface area contributed by atoms with Crippen molar-refractivity contribution >= 4 is 0 Å². The molecule has 4 nitrogen and oxygen atoms in total. The summed E-state index contributed by atoms with van der Waals surface area (Å²) in [7, 11) is 1.70. The Kier molecular flexibility index (Phi) is 83.1. The van der Waals surface area contributed by atoms with E-state index in [4.69, 9.17) is 9.47 Å². The quantitative estimate of drug-likeness (QED) is 0.0491. The number of methoxy groups -OCH3 is 1. The Morgan fingerprint density at radius 3 is 1.12 bits per heavy atom. The van der Waals surface area contributed by atoms with Crippen LogP contribution in [0.4, 0.5) is 4.39 Å². The molecule has 4 saturated carbocycles. The summed E-state index contributed by atoms with van der Waals surface area (Å²) in [6.45, 7) is 69.9. The van der Waals surface area contributed by atoms with E-state index in [1.54, 1.807) is 25.3 Å². The van der Waals surface area contributed by atoms with Gasteiger partial charge in [0.05, 0.1) is 13.2 Å². The molecule has 5 fully saturated rings. The van der Waals surface area contributed by atoms with Crippen LogP contribution in [-0.4, -0.2) is 37.5 Å². The third-order valence-electron chi connectivity index (χ3n) is 27.2. The normalized spacial score (nSPS) is 14.9. The lowest BCUT2D eigenvalue weighted by atomic mass is 9.78. The minimum absolute atomic E-state index is 0. The van der Waals surface area contributed by atoms with E-state index in [0.29, 0.717) is 35.0 Å². The second kappa shape index (κ2) is 86.0. The van der Waals surface area contributed by atoms with Crippen LogP contribution in [0.1, 0.15) is 476 Å². The minimum Gasteiger partial charge on any atom is -0.508 e. The minimum atomic E-state index is -0.128. The molecule has 0 amide bonds. The monoisotopic (exact) mass is 1980 g/mol. The fourth-order valence-corrected chi connectivity index (χ4v) is 18.4. The molecule has 1 saturated heterocycles. The molecule has 144 heavy (non-hydrogen) atoms. The molecule has 2 N–H and O–H groups in total. The van der Waals surface area contributed by atoms with Gasteiger partial charge in [0, 0.05) is 12.6 Å². The van der Waals surface area contributed by atoms with Crippen LogP contribution in [-0.2, 0) is 48.7 Å². The van der Waals surface area contributed by atoms with Crippen molar-refractivity contribution < 1.29 is 19.0 Å². The number of phenolic OH excluding ortho intramolecular Hbond substituents is 1. The summed E-state index contributed by atoms with van der Waals surface area (Å²) in [4.78, 5) is 0. The van der Waals surface area contributed by atoms with E-state index in [2.05, 4.69) is 365 Å². The van der Waals surface area contributed by atoms with E-state index >= 15 is 0 Å². The number of aromatic hydroxyl groups is 1. The predicted molar refractivity (Wildman–Crippen MR) is 645 cm³/mol. The Labute approximate surface area is 896 Å². The molecule has 1 atom stereocenters. The van der Waals surface area contributed by atoms with Crippen LogP contribution in [0.25, 0.3) is 0 Å². The Morgan fingerprint density at radius 2 is 0.729 bits per heavy atom. The number of phenols is 1. The third-order valence-corrected chi connectivity index (χ3v) is 27.2. The summed E-state index contributed by atoms with van der Waals surface area (Å²) in [6.07, 6.45) is 53.0. The number of halogens is 1. The van der Waals surface area contributed by atoms with Gasteiger partial charge in [-0.3, -0.25) is 0 Å². The summed E-state index contributed by atoms with van der Waals surface area (Å²) in [5, 5.41) is 12.8. The number of piperidine rings is 1. The van der Waals surface area contributed by atoms with Crippen LogP contribution < -0.4 is 10.1 Å². The van der Waals surface area contributed by atoms with Gasteiger partial charge >= 0.3 is 0 Å². The van der Waals surface area contributed by atoms with Crippen molar-refractivity contribution in [2.75, 3.05) is 20.3 Å². The van der Waals surface area contributed by atoms with E-state index in [-0.39, 0.29) is 26.1 Å². The lowest BCUT2D eigenvalue weighted by Gasteiger charge is -2.28. The van der Waals surface area contributed by atoms with Gasteiger partial charge in [0.25, 0.3) is 0 Å². The van der Waals surface area contributed by atoms with E-state index in [0.717, 1.165) is 108 Å². The summed E-state index contributed by atoms with van der Waals surface area (Å²) in [5.74, 6) is 13.0. The number of ether oxygens (including phenoxy) is 2. The number of hydrogen-bond acceptors (Lipinski definition) is 4. The molecule has 8 aromatic rings. The second-order valence-electron chi connectivity index (χ2n) is 49.2. The van der Waals surface area contributed by atoms with E-state index in [1.165, 1.54) is 287 Å². The van der Waals surface area contributed by atoms with Crippen molar-refractivity contribution in [1.82, 2.24) is 5.32 Å². The maximum Gasteiger partial charge on any atom is 0.123 e. The van der Waals surface area contributed by atoms with E-state index < -0.39 is 0 Å². The van der Waals surface area contributed by atoms with Crippen LogP contribution >= 0.6 is 0 Å². The predicted octanol–water partition coefficient (Wildman–Crippen LogP) is 43.2. The lowest BCUT2D eigenvalue weighted by Crippen LogP contribution is -2.33. The van der Waals surface area contributed by atoms with Crippen molar-refractivity contribution in [2.24, 2.45) is 82.3 Å². The average Bonchev–Trinajstić information content (AvgIpc) is 0.852. The van der Waals surface area contributed by atoms with Crippen LogP contribution in [0.5, 0.6) is 11.5 Å². The van der Waals surface area contributed by atoms with Gasteiger partial charge in [-0.1, -0.05) is 531 Å². The zero-order chi connectivity index (χ0) is 106. The van der Waals surface area contributed by atoms with Crippen molar-refractivity contribution in [1.29, 1.82) is 0 Å². The number of rotatable bonds is 29. The summed E-state index contributed by atoms with van der Waals surface area (Å²) in [6, 6.07) is 72.7. The smallest absolute Gasteiger partial charge is 0.123 e.